The van der Waals surface area contributed by atoms with E-state index < -0.39 is 5.97 Å². The van der Waals surface area contributed by atoms with Crippen LogP contribution in [0, 0.1) is 5.92 Å². The van der Waals surface area contributed by atoms with Crippen LogP contribution < -0.4 is 0 Å². The van der Waals surface area contributed by atoms with Gasteiger partial charge in [-0.2, -0.15) is 0 Å². The zero-order chi connectivity index (χ0) is 16.1. The molecule has 22 heavy (non-hydrogen) atoms. The summed E-state index contributed by atoms with van der Waals surface area (Å²) in [5, 5.41) is 9.77. The molecule has 0 aliphatic carbocycles. The number of hydrogen-bond donors (Lipinski definition) is 1. The number of likely N-dealkylation sites (tertiary alicyclic amines) is 1. The van der Waals surface area contributed by atoms with E-state index in [1.165, 1.54) is 0 Å². The number of halogens is 1. The van der Waals surface area contributed by atoms with Crippen LogP contribution in [-0.4, -0.2) is 54.1 Å². The van der Waals surface area contributed by atoms with Crippen molar-refractivity contribution in [2.75, 3.05) is 27.2 Å². The van der Waals surface area contributed by atoms with Gasteiger partial charge in [-0.15, -0.1) is 0 Å². The average Bonchev–Trinajstić information content (AvgIpc) is 2.47. The number of aliphatic carboxylic acids is 1. The predicted octanol–water partition coefficient (Wildman–Crippen LogP) is 2.96. The van der Waals surface area contributed by atoms with E-state index in [1.54, 1.807) is 0 Å². The normalized spacial score (nSPS) is 22.9. The first-order chi connectivity index (χ1) is 10.5. The molecule has 1 N–H and O–H groups in total. The van der Waals surface area contributed by atoms with Crippen molar-refractivity contribution >= 4 is 17.6 Å². The molecule has 2 rings (SSSR count). The molecule has 1 aliphatic heterocycles. The number of nitrogens with zero attached hydrogens (tertiary/aromatic N) is 2. The minimum absolute atomic E-state index is 0.245. The van der Waals surface area contributed by atoms with Crippen LogP contribution in [0.3, 0.4) is 0 Å². The lowest BCUT2D eigenvalue weighted by molar-refractivity contribution is -0.137. The van der Waals surface area contributed by atoms with Gasteiger partial charge in [0.1, 0.15) is 0 Å². The summed E-state index contributed by atoms with van der Waals surface area (Å²) in [5.74, 6) is -0.317. The Morgan fingerprint density at radius 1 is 1.41 bits per heavy atom. The molecular formula is C17H25ClN2O2. The monoisotopic (exact) mass is 324 g/mol. The summed E-state index contributed by atoms with van der Waals surface area (Å²) in [4.78, 5) is 15.5. The van der Waals surface area contributed by atoms with Gasteiger partial charge >= 0.3 is 5.97 Å². The molecule has 1 fully saturated rings. The van der Waals surface area contributed by atoms with Crippen molar-refractivity contribution in [1.29, 1.82) is 0 Å². The molecule has 0 spiro atoms. The van der Waals surface area contributed by atoms with Gasteiger partial charge in [0.2, 0.25) is 0 Å². The van der Waals surface area contributed by atoms with E-state index in [0.29, 0.717) is 12.0 Å². The van der Waals surface area contributed by atoms with Crippen LogP contribution in [0.2, 0.25) is 5.02 Å². The Hall–Kier alpha value is -1.10. The molecular weight excluding hydrogens is 300 g/mol. The molecule has 0 radical (unpaired) electrons. The summed E-state index contributed by atoms with van der Waals surface area (Å²) in [7, 11) is 4.17. The van der Waals surface area contributed by atoms with Gasteiger partial charge in [-0.3, -0.25) is 9.69 Å². The molecule has 1 aromatic rings. The third-order valence-corrected chi connectivity index (χ3v) is 4.89. The van der Waals surface area contributed by atoms with Crippen molar-refractivity contribution in [2.45, 2.75) is 31.8 Å². The molecule has 0 aromatic heterocycles. The Morgan fingerprint density at radius 2 is 2.14 bits per heavy atom. The largest absolute Gasteiger partial charge is 0.481 e. The van der Waals surface area contributed by atoms with Crippen LogP contribution in [0.1, 0.15) is 24.8 Å². The summed E-state index contributed by atoms with van der Waals surface area (Å²) in [6.45, 7) is 2.79. The smallest absolute Gasteiger partial charge is 0.303 e. The van der Waals surface area contributed by atoms with Crippen molar-refractivity contribution in [3.05, 3.63) is 34.9 Å². The highest BCUT2D eigenvalue weighted by atomic mass is 35.5. The Bertz CT molecular complexity index is 507. The van der Waals surface area contributed by atoms with Crippen LogP contribution >= 0.6 is 11.6 Å². The summed E-state index contributed by atoms with van der Waals surface area (Å²) in [6.07, 6.45) is 2.05. The summed E-state index contributed by atoms with van der Waals surface area (Å²) >= 11 is 6.25. The third kappa shape index (κ3) is 4.70. The number of carbonyl (C=O) groups is 1. The lowest BCUT2D eigenvalue weighted by atomic mass is 9.87. The maximum absolute atomic E-state index is 10.9. The maximum atomic E-state index is 10.9. The second-order valence-corrected chi connectivity index (χ2v) is 6.75. The SMILES string of the molecule is CN(C)[C@@H]1CCN(Cc2ccccc2Cl)C[C@@H]1CCC(=O)O. The van der Waals surface area contributed by atoms with Crippen LogP contribution in [0.4, 0.5) is 0 Å². The molecule has 2 atom stereocenters. The van der Waals surface area contributed by atoms with E-state index in [9.17, 15) is 4.79 Å². The Balaban J connectivity index is 2.00. The third-order valence-electron chi connectivity index (χ3n) is 4.52. The maximum Gasteiger partial charge on any atom is 0.303 e. The van der Waals surface area contributed by atoms with E-state index in [1.807, 2.05) is 18.2 Å². The molecule has 0 bridgehead atoms. The second kappa shape index (κ2) is 7.95. The Morgan fingerprint density at radius 3 is 2.77 bits per heavy atom. The minimum Gasteiger partial charge on any atom is -0.481 e. The number of carboxylic acids is 1. The highest BCUT2D eigenvalue weighted by Gasteiger charge is 2.30. The number of benzene rings is 1. The summed E-state index contributed by atoms with van der Waals surface area (Å²) in [5.41, 5.74) is 1.14. The van der Waals surface area contributed by atoms with E-state index in [2.05, 4.69) is 30.0 Å². The van der Waals surface area contributed by atoms with Crippen molar-refractivity contribution in [3.63, 3.8) is 0 Å². The molecule has 122 valence electrons. The van der Waals surface area contributed by atoms with Crippen molar-refractivity contribution in [2.24, 2.45) is 5.92 Å². The van der Waals surface area contributed by atoms with E-state index in [0.717, 1.165) is 43.1 Å². The fraction of sp³-hybridized carbons (Fsp3) is 0.588. The van der Waals surface area contributed by atoms with Crippen LogP contribution in [0.15, 0.2) is 24.3 Å². The van der Waals surface area contributed by atoms with Gasteiger partial charge in [0, 0.05) is 30.6 Å². The van der Waals surface area contributed by atoms with Crippen LogP contribution in [-0.2, 0) is 11.3 Å². The number of hydrogen-bond acceptors (Lipinski definition) is 3. The Kier molecular flexibility index (Phi) is 6.24. The van der Waals surface area contributed by atoms with Gasteiger partial charge in [0.05, 0.1) is 0 Å². The molecule has 0 saturated carbocycles. The van der Waals surface area contributed by atoms with Gasteiger partial charge < -0.3 is 10.0 Å². The first kappa shape index (κ1) is 17.3. The fourth-order valence-corrected chi connectivity index (χ4v) is 3.57. The zero-order valence-electron chi connectivity index (χ0n) is 13.3. The molecule has 0 amide bonds. The van der Waals surface area contributed by atoms with Gasteiger partial charge in [-0.25, -0.2) is 0 Å². The molecule has 0 unspecified atom stereocenters. The lowest BCUT2D eigenvalue weighted by Gasteiger charge is -2.41. The topological polar surface area (TPSA) is 43.8 Å². The van der Waals surface area contributed by atoms with Gasteiger partial charge in [-0.1, -0.05) is 29.8 Å². The van der Waals surface area contributed by atoms with E-state index >= 15 is 0 Å². The highest BCUT2D eigenvalue weighted by molar-refractivity contribution is 6.31. The van der Waals surface area contributed by atoms with E-state index in [-0.39, 0.29) is 6.42 Å². The average molecular weight is 325 g/mol. The van der Waals surface area contributed by atoms with Gasteiger partial charge in [0.15, 0.2) is 0 Å². The van der Waals surface area contributed by atoms with Crippen molar-refractivity contribution in [3.8, 4) is 0 Å². The quantitative estimate of drug-likeness (QED) is 0.873. The number of rotatable bonds is 6. The molecule has 1 saturated heterocycles. The minimum atomic E-state index is -0.708. The van der Waals surface area contributed by atoms with Gasteiger partial charge in [0.25, 0.3) is 0 Å². The highest BCUT2D eigenvalue weighted by Crippen LogP contribution is 2.27. The first-order valence-corrected chi connectivity index (χ1v) is 8.19. The van der Waals surface area contributed by atoms with Crippen LogP contribution in [0.25, 0.3) is 0 Å². The standard InChI is InChI=1S/C17H25ClN2O2/c1-19(2)16-9-10-20(12-14(16)7-8-17(21)22)11-13-5-3-4-6-15(13)18/h3-6,14,16H,7-12H2,1-2H3,(H,21,22)/t14-,16+/m0/s1. The molecule has 5 heteroatoms. The summed E-state index contributed by atoms with van der Waals surface area (Å²) < 4.78 is 0. The molecule has 1 aromatic carbocycles. The predicted molar refractivity (Wildman–Crippen MR) is 89.2 cm³/mol. The fourth-order valence-electron chi connectivity index (χ4n) is 3.38. The number of piperidine rings is 1. The molecule has 1 heterocycles. The summed E-state index contributed by atoms with van der Waals surface area (Å²) in [6, 6.07) is 8.40. The van der Waals surface area contributed by atoms with Crippen LogP contribution in [0.5, 0.6) is 0 Å². The van der Waals surface area contributed by atoms with Crippen molar-refractivity contribution < 1.29 is 9.90 Å². The van der Waals surface area contributed by atoms with E-state index in [4.69, 9.17) is 16.7 Å². The van der Waals surface area contributed by atoms with Gasteiger partial charge in [-0.05, 0) is 51.0 Å². The van der Waals surface area contributed by atoms with Crippen molar-refractivity contribution in [1.82, 2.24) is 9.80 Å². The molecule has 1 aliphatic rings. The Labute approximate surface area is 137 Å². The second-order valence-electron chi connectivity index (χ2n) is 6.34. The molecule has 4 nitrogen and oxygen atoms in total. The lowest BCUT2D eigenvalue weighted by Crippen LogP contribution is -2.48. The number of carboxylic acid groups (broad SMARTS) is 1. The zero-order valence-corrected chi connectivity index (χ0v) is 14.1. The first-order valence-electron chi connectivity index (χ1n) is 7.81.